The molecular formula is C30H38O3. The maximum atomic E-state index is 12.3. The van der Waals surface area contributed by atoms with Gasteiger partial charge in [0.1, 0.15) is 11.5 Å². The largest absolute Gasteiger partial charge is 0.507 e. The molecule has 0 spiro atoms. The van der Waals surface area contributed by atoms with Crippen LogP contribution in [0.1, 0.15) is 74.9 Å². The molecule has 3 heteroatoms. The quantitative estimate of drug-likeness (QED) is 0.203. The van der Waals surface area contributed by atoms with Crippen LogP contribution >= 0.6 is 0 Å². The fraction of sp³-hybridized carbons (Fsp3) is 0.367. The van der Waals surface area contributed by atoms with E-state index < -0.39 is 5.97 Å². The van der Waals surface area contributed by atoms with Gasteiger partial charge in [-0.2, -0.15) is 0 Å². The molecular weight excluding hydrogens is 408 g/mol. The highest BCUT2D eigenvalue weighted by molar-refractivity contribution is 5.84. The number of ether oxygens (including phenoxy) is 1. The van der Waals surface area contributed by atoms with Gasteiger partial charge in [0, 0.05) is 23.6 Å². The highest BCUT2D eigenvalue weighted by Crippen LogP contribution is 2.40. The van der Waals surface area contributed by atoms with E-state index in [1.807, 2.05) is 30.4 Å². The van der Waals surface area contributed by atoms with Crippen molar-refractivity contribution in [1.29, 1.82) is 0 Å². The summed E-state index contributed by atoms with van der Waals surface area (Å²) in [7, 11) is 0. The first kappa shape index (κ1) is 26.2. The molecule has 0 unspecified atom stereocenters. The SMILES string of the molecule is C=CCc1cc(Cc2cc(CC=C)cc(C(C)(C)C)c2OC(=O)C=C)c(O)c(C(C)(C)C)c1. The summed E-state index contributed by atoms with van der Waals surface area (Å²) in [4.78, 5) is 12.3. The highest BCUT2D eigenvalue weighted by atomic mass is 16.5. The molecule has 0 heterocycles. The molecule has 1 N–H and O–H groups in total. The number of esters is 1. The first-order chi connectivity index (χ1) is 15.3. The number of carbonyl (C=O) groups is 1. The third-order valence-corrected chi connectivity index (χ3v) is 5.60. The molecule has 0 aliphatic rings. The van der Waals surface area contributed by atoms with Crippen molar-refractivity contribution in [3.05, 3.63) is 95.6 Å². The minimum atomic E-state index is -0.502. The van der Waals surface area contributed by atoms with Crippen LogP contribution in [0.5, 0.6) is 11.5 Å². The van der Waals surface area contributed by atoms with Crippen LogP contribution in [0.4, 0.5) is 0 Å². The number of rotatable bonds is 8. The lowest BCUT2D eigenvalue weighted by atomic mass is 9.81. The van der Waals surface area contributed by atoms with Gasteiger partial charge in [0.05, 0.1) is 0 Å². The van der Waals surface area contributed by atoms with Crippen molar-refractivity contribution in [2.45, 2.75) is 71.6 Å². The number of benzene rings is 2. The lowest BCUT2D eigenvalue weighted by Crippen LogP contribution is -2.18. The second kappa shape index (κ2) is 10.2. The topological polar surface area (TPSA) is 46.5 Å². The molecule has 0 saturated heterocycles. The molecule has 0 aliphatic heterocycles. The lowest BCUT2D eigenvalue weighted by Gasteiger charge is -2.26. The molecule has 0 atom stereocenters. The molecule has 176 valence electrons. The predicted octanol–water partition coefficient (Wildman–Crippen LogP) is 7.13. The zero-order valence-corrected chi connectivity index (χ0v) is 21.0. The summed E-state index contributed by atoms with van der Waals surface area (Å²) >= 11 is 0. The normalized spacial score (nSPS) is 11.7. The Hall–Kier alpha value is -3.07. The third-order valence-electron chi connectivity index (χ3n) is 5.60. The van der Waals surface area contributed by atoms with Crippen LogP contribution in [0.3, 0.4) is 0 Å². The van der Waals surface area contributed by atoms with E-state index in [0.717, 1.165) is 33.4 Å². The van der Waals surface area contributed by atoms with Crippen LogP contribution in [-0.4, -0.2) is 11.1 Å². The zero-order chi connectivity index (χ0) is 25.0. The average Bonchev–Trinajstić information content (AvgIpc) is 2.70. The second-order valence-corrected chi connectivity index (χ2v) is 10.6. The van der Waals surface area contributed by atoms with Crippen LogP contribution < -0.4 is 4.74 Å². The van der Waals surface area contributed by atoms with E-state index in [9.17, 15) is 9.90 Å². The Morgan fingerprint density at radius 1 is 0.848 bits per heavy atom. The Kier molecular flexibility index (Phi) is 8.13. The van der Waals surface area contributed by atoms with Crippen LogP contribution in [0.25, 0.3) is 0 Å². The zero-order valence-electron chi connectivity index (χ0n) is 21.0. The van der Waals surface area contributed by atoms with E-state index in [4.69, 9.17) is 4.74 Å². The second-order valence-electron chi connectivity index (χ2n) is 10.6. The molecule has 33 heavy (non-hydrogen) atoms. The van der Waals surface area contributed by atoms with E-state index in [-0.39, 0.29) is 16.6 Å². The molecule has 2 aromatic carbocycles. The molecule has 0 fully saturated rings. The van der Waals surface area contributed by atoms with Gasteiger partial charge in [0.25, 0.3) is 0 Å². The summed E-state index contributed by atoms with van der Waals surface area (Å²) in [6.07, 6.45) is 6.73. The van der Waals surface area contributed by atoms with Crippen molar-refractivity contribution in [2.24, 2.45) is 0 Å². The summed E-state index contributed by atoms with van der Waals surface area (Å²) in [6, 6.07) is 8.18. The standard InChI is InChI=1S/C30H38O3/c1-10-13-20-15-22(27(32)24(17-20)29(4,5)6)19-23-16-21(14-11-2)18-25(30(7,8)9)28(23)33-26(31)12-3/h10-12,15-18,32H,1-3,13-14,19H2,4-9H3. The number of hydrogen-bond donors (Lipinski definition) is 1. The van der Waals surface area contributed by atoms with Crippen LogP contribution in [-0.2, 0) is 34.9 Å². The number of aromatic hydroxyl groups is 1. The van der Waals surface area contributed by atoms with Crippen molar-refractivity contribution in [3.63, 3.8) is 0 Å². The minimum absolute atomic E-state index is 0.227. The van der Waals surface area contributed by atoms with Gasteiger partial charge in [-0.3, -0.25) is 0 Å². The Morgan fingerprint density at radius 2 is 1.33 bits per heavy atom. The third kappa shape index (κ3) is 6.47. The van der Waals surface area contributed by atoms with E-state index in [1.54, 1.807) is 0 Å². The number of carbonyl (C=O) groups excluding carboxylic acids is 1. The van der Waals surface area contributed by atoms with E-state index in [0.29, 0.717) is 25.0 Å². The van der Waals surface area contributed by atoms with Gasteiger partial charge in [-0.1, -0.05) is 84.5 Å². The molecule has 0 aliphatic carbocycles. The van der Waals surface area contributed by atoms with E-state index in [1.165, 1.54) is 6.08 Å². The predicted molar refractivity (Wildman–Crippen MR) is 138 cm³/mol. The number of phenols is 1. The van der Waals surface area contributed by atoms with Gasteiger partial charge in [0.2, 0.25) is 0 Å². The molecule has 2 aromatic rings. The summed E-state index contributed by atoms with van der Waals surface area (Å²) in [6.45, 7) is 23.8. The first-order valence-corrected chi connectivity index (χ1v) is 11.4. The fourth-order valence-corrected chi connectivity index (χ4v) is 3.95. The van der Waals surface area contributed by atoms with Crippen molar-refractivity contribution >= 4 is 5.97 Å². The molecule has 2 rings (SSSR count). The average molecular weight is 447 g/mol. The molecule has 0 amide bonds. The Bertz CT molecular complexity index is 1060. The number of phenolic OH excluding ortho intramolecular Hbond substituents is 1. The van der Waals surface area contributed by atoms with E-state index in [2.05, 4.69) is 67.3 Å². The highest BCUT2D eigenvalue weighted by Gasteiger charge is 2.26. The lowest BCUT2D eigenvalue weighted by molar-refractivity contribution is -0.129. The van der Waals surface area contributed by atoms with Gasteiger partial charge in [-0.05, 0) is 45.9 Å². The summed E-state index contributed by atoms with van der Waals surface area (Å²) in [5.74, 6) is 0.312. The van der Waals surface area contributed by atoms with E-state index >= 15 is 0 Å². The minimum Gasteiger partial charge on any atom is -0.507 e. The van der Waals surface area contributed by atoms with Crippen LogP contribution in [0.2, 0.25) is 0 Å². The monoisotopic (exact) mass is 446 g/mol. The molecule has 0 aromatic heterocycles. The molecule has 0 saturated carbocycles. The van der Waals surface area contributed by atoms with Gasteiger partial charge < -0.3 is 9.84 Å². The molecule has 3 nitrogen and oxygen atoms in total. The van der Waals surface area contributed by atoms with Gasteiger partial charge >= 0.3 is 5.97 Å². The van der Waals surface area contributed by atoms with Crippen molar-refractivity contribution in [3.8, 4) is 11.5 Å². The maximum absolute atomic E-state index is 12.3. The fourth-order valence-electron chi connectivity index (χ4n) is 3.95. The Labute approximate surface area is 199 Å². The molecule has 0 bridgehead atoms. The number of allylic oxidation sites excluding steroid dienone is 2. The van der Waals surface area contributed by atoms with Gasteiger partial charge in [-0.25, -0.2) is 4.79 Å². The Balaban J connectivity index is 2.80. The maximum Gasteiger partial charge on any atom is 0.335 e. The summed E-state index contributed by atoms with van der Waals surface area (Å²) in [5, 5.41) is 11.2. The smallest absolute Gasteiger partial charge is 0.335 e. The van der Waals surface area contributed by atoms with Crippen molar-refractivity contribution in [1.82, 2.24) is 0 Å². The van der Waals surface area contributed by atoms with Gasteiger partial charge in [0.15, 0.2) is 0 Å². The number of hydrogen-bond acceptors (Lipinski definition) is 3. The van der Waals surface area contributed by atoms with Crippen molar-refractivity contribution in [2.75, 3.05) is 0 Å². The van der Waals surface area contributed by atoms with Gasteiger partial charge in [-0.15, -0.1) is 13.2 Å². The first-order valence-electron chi connectivity index (χ1n) is 11.4. The summed E-state index contributed by atoms with van der Waals surface area (Å²) < 4.78 is 5.79. The van der Waals surface area contributed by atoms with Crippen LogP contribution in [0, 0.1) is 0 Å². The molecule has 0 radical (unpaired) electrons. The Morgan fingerprint density at radius 3 is 1.79 bits per heavy atom. The summed E-state index contributed by atoms with van der Waals surface area (Å²) in [5.41, 5.74) is 5.16. The van der Waals surface area contributed by atoms with Crippen molar-refractivity contribution < 1.29 is 14.6 Å². The van der Waals surface area contributed by atoms with Crippen LogP contribution in [0.15, 0.2) is 62.2 Å².